The number of hydrogen-bond acceptors (Lipinski definition) is 6. The van der Waals surface area contributed by atoms with Gasteiger partial charge in [0.2, 0.25) is 5.91 Å². The molecule has 0 spiro atoms. The fourth-order valence-electron chi connectivity index (χ4n) is 10.2. The first-order valence-electron chi connectivity index (χ1n) is 35.9. The van der Waals surface area contributed by atoms with E-state index < -0.39 is 20.0 Å². The third-order valence-corrected chi connectivity index (χ3v) is 16.7. The van der Waals surface area contributed by atoms with E-state index in [1.54, 1.807) is 0 Å². The lowest BCUT2D eigenvalue weighted by molar-refractivity contribution is -0.870. The molecule has 496 valence electrons. The quantitative estimate of drug-likeness (QED) is 0.0272. The maximum Gasteiger partial charge on any atom is 0.268 e. The molecule has 0 aliphatic carbocycles. The second-order valence-electron chi connectivity index (χ2n) is 25.2. The van der Waals surface area contributed by atoms with E-state index in [1.165, 1.54) is 173 Å². The smallest absolute Gasteiger partial charge is 0.268 e. The number of quaternary nitrogens is 1. The van der Waals surface area contributed by atoms with Gasteiger partial charge < -0.3 is 28.8 Å². The maximum absolute atomic E-state index is 13.1. The van der Waals surface area contributed by atoms with E-state index in [4.69, 9.17) is 9.05 Å². The molecule has 0 heterocycles. The maximum atomic E-state index is 13.1. The zero-order valence-electron chi connectivity index (χ0n) is 56.7. The summed E-state index contributed by atoms with van der Waals surface area (Å²) in [5, 5.41) is 14.1. The van der Waals surface area contributed by atoms with Gasteiger partial charge in [0.05, 0.1) is 39.9 Å². The van der Waals surface area contributed by atoms with Crippen LogP contribution in [-0.4, -0.2) is 68.5 Å². The summed E-state index contributed by atoms with van der Waals surface area (Å²) in [4.78, 5) is 25.7. The first kappa shape index (κ1) is 82.9. The van der Waals surface area contributed by atoms with Crippen molar-refractivity contribution in [2.24, 2.45) is 0 Å². The molecule has 0 saturated carbocycles. The van der Waals surface area contributed by atoms with Crippen LogP contribution < -0.4 is 10.2 Å². The van der Waals surface area contributed by atoms with Crippen molar-refractivity contribution in [1.82, 2.24) is 5.32 Å². The average Bonchev–Trinajstić information content (AvgIpc) is 3.70. The van der Waals surface area contributed by atoms with E-state index >= 15 is 0 Å². The number of aliphatic hydroxyl groups excluding tert-OH is 1. The normalized spacial score (nSPS) is 14.4. The number of allylic oxidation sites excluding steroid dienone is 20. The van der Waals surface area contributed by atoms with Gasteiger partial charge >= 0.3 is 0 Å². The van der Waals surface area contributed by atoms with Gasteiger partial charge in [-0.1, -0.05) is 334 Å². The molecule has 2 N–H and O–H groups in total. The number of carbonyl (C=O) groups excluding carboxylic acids is 1. The Bertz CT molecular complexity index is 1820. The monoisotopic (exact) mass is 1220 g/mol. The third-order valence-electron chi connectivity index (χ3n) is 15.7. The summed E-state index contributed by atoms with van der Waals surface area (Å²) in [6, 6.07) is -0.815. The Labute approximate surface area is 533 Å². The van der Waals surface area contributed by atoms with Crippen molar-refractivity contribution in [3.8, 4) is 0 Å². The molecule has 1 amide bonds. The summed E-state index contributed by atoms with van der Waals surface area (Å²) in [6.07, 6.45) is 98.4. The molecule has 0 rings (SSSR count). The summed E-state index contributed by atoms with van der Waals surface area (Å²) < 4.78 is 23.5. The highest BCUT2D eigenvalue weighted by Gasteiger charge is 2.24. The molecule has 0 aliphatic rings. The van der Waals surface area contributed by atoms with Crippen LogP contribution in [0, 0.1) is 0 Å². The molecule has 0 aromatic heterocycles. The minimum Gasteiger partial charge on any atom is -0.756 e. The van der Waals surface area contributed by atoms with Crippen molar-refractivity contribution in [3.63, 3.8) is 0 Å². The van der Waals surface area contributed by atoms with Gasteiger partial charge in [-0.05, 0) is 89.9 Å². The van der Waals surface area contributed by atoms with Gasteiger partial charge in [0, 0.05) is 6.42 Å². The van der Waals surface area contributed by atoms with Crippen LogP contribution in [0.4, 0.5) is 0 Å². The Morgan fingerprint density at radius 1 is 0.419 bits per heavy atom. The number of amides is 1. The minimum atomic E-state index is -4.59. The Morgan fingerprint density at radius 2 is 0.709 bits per heavy atom. The third kappa shape index (κ3) is 68.4. The van der Waals surface area contributed by atoms with Crippen molar-refractivity contribution in [2.75, 3.05) is 40.9 Å². The number of phosphoric acid groups is 1. The summed E-state index contributed by atoms with van der Waals surface area (Å²) in [7, 11) is 1.29. The van der Waals surface area contributed by atoms with E-state index in [0.717, 1.165) is 109 Å². The summed E-state index contributed by atoms with van der Waals surface area (Å²) in [6.45, 7) is 4.62. The van der Waals surface area contributed by atoms with Gasteiger partial charge in [-0.25, -0.2) is 0 Å². The molecular weight excluding hydrogens is 1080 g/mol. The summed E-state index contributed by atoms with van der Waals surface area (Å²) in [5.74, 6) is -0.174. The van der Waals surface area contributed by atoms with Crippen LogP contribution in [0.5, 0.6) is 0 Å². The molecule has 3 atom stereocenters. The zero-order chi connectivity index (χ0) is 62.6. The Kier molecular flexibility index (Phi) is 63.9. The topological polar surface area (TPSA) is 108 Å². The fourth-order valence-corrected chi connectivity index (χ4v) is 10.9. The van der Waals surface area contributed by atoms with Gasteiger partial charge in [0.1, 0.15) is 13.2 Å². The number of likely N-dealkylation sites (N-methyl/N-ethyl adjacent to an activating group) is 1. The van der Waals surface area contributed by atoms with E-state index in [-0.39, 0.29) is 19.1 Å². The molecule has 0 bridgehead atoms. The van der Waals surface area contributed by atoms with Crippen LogP contribution in [0.15, 0.2) is 122 Å². The Hall–Kier alpha value is -3.10. The van der Waals surface area contributed by atoms with Crippen molar-refractivity contribution >= 4 is 13.7 Å². The lowest BCUT2D eigenvalue weighted by Crippen LogP contribution is -2.46. The molecule has 0 radical (unpaired) electrons. The van der Waals surface area contributed by atoms with Gasteiger partial charge in [-0.3, -0.25) is 9.36 Å². The molecular formula is C77H137N2O6P. The molecule has 3 unspecified atom stereocenters. The van der Waals surface area contributed by atoms with Crippen molar-refractivity contribution in [2.45, 2.75) is 321 Å². The molecule has 0 aromatic rings. The number of carbonyl (C=O) groups is 1. The lowest BCUT2D eigenvalue weighted by atomic mass is 10.0. The molecule has 0 saturated heterocycles. The highest BCUT2D eigenvalue weighted by molar-refractivity contribution is 7.45. The van der Waals surface area contributed by atoms with Crippen LogP contribution in [0.3, 0.4) is 0 Å². The van der Waals surface area contributed by atoms with Crippen LogP contribution in [0.25, 0.3) is 0 Å². The Morgan fingerprint density at radius 3 is 1.03 bits per heavy atom. The number of rotatable bonds is 65. The molecule has 9 heteroatoms. The number of unbranched alkanes of at least 4 members (excludes halogenated alkanes) is 32. The highest BCUT2D eigenvalue weighted by Crippen LogP contribution is 2.38. The van der Waals surface area contributed by atoms with Gasteiger partial charge in [0.25, 0.3) is 7.82 Å². The number of nitrogens with zero attached hydrogens (tertiary/aromatic N) is 1. The average molecular weight is 1220 g/mol. The SMILES string of the molecule is CC/C=C\C/C=C\C/C=C\C/C=C\C/C=C\C/C=C\C/C=C\C/C=C\C/C=C\C/C=C\CCCCCCCCCCC(=O)NC(COP(=O)([O-])OCC[N+](C)(C)C)C(O)CCCCCCCCCCCCCCCCCCCCCCCCCCC. The van der Waals surface area contributed by atoms with Gasteiger partial charge in [-0.2, -0.15) is 0 Å². The van der Waals surface area contributed by atoms with E-state index in [0.29, 0.717) is 23.9 Å². The van der Waals surface area contributed by atoms with Crippen molar-refractivity contribution in [3.05, 3.63) is 122 Å². The van der Waals surface area contributed by atoms with Crippen LogP contribution in [0.2, 0.25) is 0 Å². The molecule has 0 fully saturated rings. The van der Waals surface area contributed by atoms with Crippen molar-refractivity contribution in [1.29, 1.82) is 0 Å². The lowest BCUT2D eigenvalue weighted by Gasteiger charge is -2.30. The second kappa shape index (κ2) is 66.3. The van der Waals surface area contributed by atoms with E-state index in [9.17, 15) is 19.4 Å². The van der Waals surface area contributed by atoms with Crippen LogP contribution >= 0.6 is 7.82 Å². The standard InChI is InChI=1S/C77H137N2O6P/c1-6-8-10-12-14-16-18-20-22-24-26-28-30-32-33-34-35-36-37-38-39-40-41-42-43-44-45-47-49-51-53-55-57-59-61-63-65-67-69-71-77(81)78-75(74-85-86(82,83)84-73-72-79(3,4)5)76(80)70-68-66-64-62-60-58-56-54-52-50-48-46-31-29-27-25-23-21-19-17-15-13-11-9-7-2/h8,10,14,16,20,22,26,28,32-33,35-36,38-39,41-42,44-45,49,51,75-76,80H,6-7,9,11-13,15,17-19,21,23-25,27,29-31,34,37,40,43,46-48,50,52-74H2,1-5H3,(H-,78,81,82,83)/b10-8-,16-14-,22-20-,28-26-,33-32-,36-35-,39-38-,42-41-,45-44-,51-49-. The first-order chi connectivity index (χ1) is 42.0. The van der Waals surface area contributed by atoms with Crippen molar-refractivity contribution < 1.29 is 32.9 Å². The largest absolute Gasteiger partial charge is 0.756 e. The second-order valence-corrected chi connectivity index (χ2v) is 26.6. The number of aliphatic hydroxyl groups is 1. The van der Waals surface area contributed by atoms with Gasteiger partial charge in [0.15, 0.2) is 0 Å². The predicted molar refractivity (Wildman–Crippen MR) is 375 cm³/mol. The summed E-state index contributed by atoms with van der Waals surface area (Å²) in [5.41, 5.74) is 0. The van der Waals surface area contributed by atoms with Crippen LogP contribution in [0.1, 0.15) is 309 Å². The molecule has 86 heavy (non-hydrogen) atoms. The first-order valence-corrected chi connectivity index (χ1v) is 37.3. The van der Waals surface area contributed by atoms with E-state index in [1.807, 2.05) is 21.1 Å². The molecule has 0 aliphatic heterocycles. The van der Waals surface area contributed by atoms with E-state index in [2.05, 4.69) is 141 Å². The predicted octanol–water partition coefficient (Wildman–Crippen LogP) is 22.6. The number of phosphoric ester groups is 1. The minimum absolute atomic E-state index is 0.00553. The fraction of sp³-hybridized carbons (Fsp3) is 0.727. The highest BCUT2D eigenvalue weighted by atomic mass is 31.2. The zero-order valence-corrected chi connectivity index (χ0v) is 57.6. The number of hydrogen-bond donors (Lipinski definition) is 2. The Balaban J connectivity index is 4.10. The van der Waals surface area contributed by atoms with Gasteiger partial charge in [-0.15, -0.1) is 0 Å². The molecule has 8 nitrogen and oxygen atoms in total. The number of nitrogens with one attached hydrogen (secondary N) is 1. The van der Waals surface area contributed by atoms with Crippen LogP contribution in [-0.2, 0) is 18.4 Å². The summed E-state index contributed by atoms with van der Waals surface area (Å²) >= 11 is 0. The molecule has 0 aromatic carbocycles.